The van der Waals surface area contributed by atoms with Gasteiger partial charge in [0, 0.05) is 32.0 Å². The van der Waals surface area contributed by atoms with Crippen molar-refractivity contribution in [3.8, 4) is 0 Å². The van der Waals surface area contributed by atoms with Crippen LogP contribution in [0, 0.1) is 5.92 Å². The third kappa shape index (κ3) is 3.89. The molecule has 0 bridgehead atoms. The van der Waals surface area contributed by atoms with Crippen molar-refractivity contribution in [1.29, 1.82) is 0 Å². The number of hydrogen-bond donors (Lipinski definition) is 1. The summed E-state index contributed by atoms with van der Waals surface area (Å²) in [5, 5.41) is -0.375. The van der Waals surface area contributed by atoms with Crippen molar-refractivity contribution in [3.63, 3.8) is 0 Å². The van der Waals surface area contributed by atoms with Crippen LogP contribution in [-0.2, 0) is 10.0 Å². The minimum atomic E-state index is -3.15. The molecule has 0 amide bonds. The van der Waals surface area contributed by atoms with E-state index in [2.05, 4.69) is 19.6 Å². The molecule has 2 heterocycles. The van der Waals surface area contributed by atoms with Crippen LogP contribution in [0.25, 0.3) is 0 Å². The molecule has 7 heteroatoms. The number of aromatic nitrogens is 2. The Hall–Kier alpha value is -1.21. The highest BCUT2D eigenvalue weighted by Crippen LogP contribution is 2.19. The first-order valence-electron chi connectivity index (χ1n) is 6.99. The van der Waals surface area contributed by atoms with Crippen molar-refractivity contribution < 1.29 is 8.42 Å². The number of nitrogens with one attached hydrogen (secondary N) is 1. The first-order valence-corrected chi connectivity index (χ1v) is 8.54. The molecule has 0 saturated carbocycles. The van der Waals surface area contributed by atoms with Crippen molar-refractivity contribution in [2.24, 2.45) is 5.92 Å². The molecule has 0 radical (unpaired) electrons. The molecular weight excluding hydrogens is 276 g/mol. The highest BCUT2D eigenvalue weighted by molar-refractivity contribution is 7.90. The third-order valence-electron chi connectivity index (χ3n) is 3.64. The number of anilines is 1. The molecule has 6 nitrogen and oxygen atoms in total. The standard InChI is InChI=1S/C13H22N4O2S/c1-11(2)20(18,19)16-10-12-4-8-17(9-5-12)13-14-6-3-7-15-13/h3,6-7,11-12,16H,4-5,8-10H2,1-2H3. The second-order valence-electron chi connectivity index (χ2n) is 5.42. The molecule has 2 rings (SSSR count). The Morgan fingerprint density at radius 3 is 2.45 bits per heavy atom. The lowest BCUT2D eigenvalue weighted by molar-refractivity contribution is 0.398. The quantitative estimate of drug-likeness (QED) is 0.878. The Morgan fingerprint density at radius 1 is 1.30 bits per heavy atom. The first-order chi connectivity index (χ1) is 9.49. The van der Waals surface area contributed by atoms with E-state index in [1.807, 2.05) is 0 Å². The van der Waals surface area contributed by atoms with Crippen LogP contribution in [0.2, 0.25) is 0 Å². The van der Waals surface area contributed by atoms with Gasteiger partial charge in [-0.25, -0.2) is 23.1 Å². The van der Waals surface area contributed by atoms with Gasteiger partial charge < -0.3 is 4.90 Å². The molecule has 112 valence electrons. The highest BCUT2D eigenvalue weighted by atomic mass is 32.2. The maximum atomic E-state index is 11.7. The average molecular weight is 298 g/mol. The summed E-state index contributed by atoms with van der Waals surface area (Å²) in [7, 11) is -3.15. The lowest BCUT2D eigenvalue weighted by Gasteiger charge is -2.32. The maximum absolute atomic E-state index is 11.7. The van der Waals surface area contributed by atoms with Crippen LogP contribution < -0.4 is 9.62 Å². The van der Waals surface area contributed by atoms with Crippen molar-refractivity contribution in [3.05, 3.63) is 18.5 Å². The van der Waals surface area contributed by atoms with E-state index in [9.17, 15) is 8.42 Å². The summed E-state index contributed by atoms with van der Waals surface area (Å²) in [4.78, 5) is 10.6. The fraction of sp³-hybridized carbons (Fsp3) is 0.692. The van der Waals surface area contributed by atoms with E-state index in [1.54, 1.807) is 32.3 Å². The number of rotatable bonds is 5. The molecule has 0 atom stereocenters. The fourth-order valence-corrected chi connectivity index (χ4v) is 2.99. The predicted octanol–water partition coefficient (Wildman–Crippen LogP) is 1.02. The SMILES string of the molecule is CC(C)S(=O)(=O)NCC1CCN(c2ncccn2)CC1. The zero-order chi connectivity index (χ0) is 14.6. The molecule has 1 aliphatic heterocycles. The number of sulfonamides is 1. The van der Waals surface area contributed by atoms with Crippen molar-refractivity contribution in [2.75, 3.05) is 24.5 Å². The van der Waals surface area contributed by atoms with Gasteiger partial charge in [-0.15, -0.1) is 0 Å². The summed E-state index contributed by atoms with van der Waals surface area (Å²) in [6, 6.07) is 1.80. The summed E-state index contributed by atoms with van der Waals surface area (Å²) in [6.07, 6.45) is 5.40. The van der Waals surface area contributed by atoms with Crippen molar-refractivity contribution in [1.82, 2.24) is 14.7 Å². The van der Waals surface area contributed by atoms with Gasteiger partial charge >= 0.3 is 0 Å². The van der Waals surface area contributed by atoms with Crippen LogP contribution in [0.1, 0.15) is 26.7 Å². The molecule has 1 aliphatic rings. The molecule has 1 saturated heterocycles. The molecule has 0 spiro atoms. The van der Waals surface area contributed by atoms with E-state index in [0.717, 1.165) is 31.9 Å². The molecule has 1 fully saturated rings. The van der Waals surface area contributed by atoms with Gasteiger partial charge in [-0.3, -0.25) is 0 Å². The van der Waals surface area contributed by atoms with Crippen molar-refractivity contribution >= 4 is 16.0 Å². The highest BCUT2D eigenvalue weighted by Gasteiger charge is 2.23. The molecule has 1 aromatic heterocycles. The van der Waals surface area contributed by atoms with Gasteiger partial charge in [0.15, 0.2) is 0 Å². The number of piperidine rings is 1. The van der Waals surface area contributed by atoms with E-state index in [-0.39, 0.29) is 5.25 Å². The molecule has 1 N–H and O–H groups in total. The van der Waals surface area contributed by atoms with Gasteiger partial charge in [0.25, 0.3) is 0 Å². The van der Waals surface area contributed by atoms with E-state index < -0.39 is 10.0 Å². The van der Waals surface area contributed by atoms with Gasteiger partial charge in [-0.05, 0) is 38.7 Å². The molecular formula is C13H22N4O2S. The first kappa shape index (κ1) is 15.2. The van der Waals surface area contributed by atoms with Crippen LogP contribution in [0.15, 0.2) is 18.5 Å². The second kappa shape index (κ2) is 6.49. The fourth-order valence-electron chi connectivity index (χ4n) is 2.19. The lowest BCUT2D eigenvalue weighted by Crippen LogP contribution is -2.40. The van der Waals surface area contributed by atoms with E-state index in [1.165, 1.54) is 0 Å². The Labute approximate surface area is 120 Å². The maximum Gasteiger partial charge on any atom is 0.225 e. The normalized spacial score (nSPS) is 17.6. The Bertz CT molecular complexity index is 510. The lowest BCUT2D eigenvalue weighted by atomic mass is 9.97. The Kier molecular flexibility index (Phi) is 4.93. The molecule has 1 aromatic rings. The van der Waals surface area contributed by atoms with Crippen LogP contribution in [-0.4, -0.2) is 43.3 Å². The zero-order valence-electron chi connectivity index (χ0n) is 12.0. The summed E-state index contributed by atoms with van der Waals surface area (Å²) in [6.45, 7) is 5.66. The van der Waals surface area contributed by atoms with Gasteiger partial charge in [0.05, 0.1) is 5.25 Å². The van der Waals surface area contributed by atoms with E-state index in [0.29, 0.717) is 12.5 Å². The minimum absolute atomic E-state index is 0.375. The monoisotopic (exact) mass is 298 g/mol. The largest absolute Gasteiger partial charge is 0.341 e. The topological polar surface area (TPSA) is 75.2 Å². The molecule has 0 unspecified atom stereocenters. The van der Waals surface area contributed by atoms with Crippen molar-refractivity contribution in [2.45, 2.75) is 31.9 Å². The van der Waals surface area contributed by atoms with Crippen LogP contribution in [0.4, 0.5) is 5.95 Å². The van der Waals surface area contributed by atoms with Crippen LogP contribution in [0.3, 0.4) is 0 Å². The summed E-state index contributed by atoms with van der Waals surface area (Å²) < 4.78 is 26.1. The van der Waals surface area contributed by atoms with E-state index in [4.69, 9.17) is 0 Å². The Balaban J connectivity index is 1.81. The van der Waals surface area contributed by atoms with Crippen LogP contribution >= 0.6 is 0 Å². The third-order valence-corrected chi connectivity index (χ3v) is 5.45. The molecule has 0 aromatic carbocycles. The smallest absolute Gasteiger partial charge is 0.225 e. The van der Waals surface area contributed by atoms with E-state index >= 15 is 0 Å². The number of nitrogens with zero attached hydrogens (tertiary/aromatic N) is 3. The van der Waals surface area contributed by atoms with Gasteiger partial charge in [-0.1, -0.05) is 0 Å². The predicted molar refractivity (Wildman–Crippen MR) is 79.0 cm³/mol. The number of hydrogen-bond acceptors (Lipinski definition) is 5. The molecule has 0 aliphatic carbocycles. The summed E-state index contributed by atoms with van der Waals surface area (Å²) in [5.74, 6) is 1.15. The average Bonchev–Trinajstić information content (AvgIpc) is 2.46. The van der Waals surface area contributed by atoms with Gasteiger partial charge in [0.1, 0.15) is 0 Å². The summed E-state index contributed by atoms with van der Waals surface area (Å²) >= 11 is 0. The summed E-state index contributed by atoms with van der Waals surface area (Å²) in [5.41, 5.74) is 0. The zero-order valence-corrected chi connectivity index (χ0v) is 12.8. The minimum Gasteiger partial charge on any atom is -0.341 e. The Morgan fingerprint density at radius 2 is 1.90 bits per heavy atom. The second-order valence-corrected chi connectivity index (χ2v) is 7.74. The van der Waals surface area contributed by atoms with Gasteiger partial charge in [0.2, 0.25) is 16.0 Å². The molecule has 20 heavy (non-hydrogen) atoms. The van der Waals surface area contributed by atoms with Crippen LogP contribution in [0.5, 0.6) is 0 Å². The van der Waals surface area contributed by atoms with Gasteiger partial charge in [-0.2, -0.15) is 0 Å².